The summed E-state index contributed by atoms with van der Waals surface area (Å²) in [5, 5.41) is 5.00. The van der Waals surface area contributed by atoms with Crippen LogP contribution >= 0.6 is 0 Å². The second-order valence-electron chi connectivity index (χ2n) is 4.65. The van der Waals surface area contributed by atoms with Crippen molar-refractivity contribution in [3.8, 4) is 0 Å². The first-order chi connectivity index (χ1) is 9.50. The van der Waals surface area contributed by atoms with Gasteiger partial charge in [-0.1, -0.05) is 26.0 Å². The van der Waals surface area contributed by atoms with Crippen LogP contribution in [0.2, 0.25) is 0 Å². The third kappa shape index (κ3) is 5.69. The van der Waals surface area contributed by atoms with Crippen LogP contribution in [0, 0.1) is 11.7 Å². The highest BCUT2D eigenvalue weighted by Crippen LogP contribution is 2.05. The molecule has 110 valence electrons. The molecular weight excluding hydrogens is 263 g/mol. The molecule has 0 aliphatic heterocycles. The minimum absolute atomic E-state index is 0.0186. The number of hydrogen-bond acceptors (Lipinski definition) is 3. The molecule has 0 heterocycles. The molecule has 0 aliphatic rings. The zero-order valence-corrected chi connectivity index (χ0v) is 11.6. The Morgan fingerprint density at radius 1 is 1.20 bits per heavy atom. The van der Waals surface area contributed by atoms with Gasteiger partial charge in [0, 0.05) is 13.1 Å². The van der Waals surface area contributed by atoms with Gasteiger partial charge in [-0.05, 0) is 18.1 Å². The molecule has 0 atom stereocenters. The highest BCUT2D eigenvalue weighted by molar-refractivity contribution is 5.94. The van der Waals surface area contributed by atoms with Crippen molar-refractivity contribution in [2.24, 2.45) is 5.92 Å². The second kappa shape index (κ2) is 8.14. The van der Waals surface area contributed by atoms with Gasteiger partial charge in [0.2, 0.25) is 0 Å². The minimum atomic E-state index is -0.575. The van der Waals surface area contributed by atoms with Crippen LogP contribution in [0.25, 0.3) is 0 Å². The Balaban J connectivity index is 2.23. The molecular formula is C14H19FN2O3. The number of benzene rings is 1. The van der Waals surface area contributed by atoms with Crippen LogP contribution in [-0.2, 0) is 4.74 Å². The van der Waals surface area contributed by atoms with Gasteiger partial charge in [-0.15, -0.1) is 0 Å². The second-order valence-corrected chi connectivity index (χ2v) is 4.65. The van der Waals surface area contributed by atoms with Gasteiger partial charge in [0.25, 0.3) is 5.91 Å². The third-order valence-electron chi connectivity index (χ3n) is 2.35. The van der Waals surface area contributed by atoms with E-state index in [4.69, 9.17) is 4.74 Å². The Morgan fingerprint density at radius 3 is 2.50 bits per heavy atom. The van der Waals surface area contributed by atoms with Gasteiger partial charge in [-0.2, -0.15) is 0 Å². The van der Waals surface area contributed by atoms with E-state index in [9.17, 15) is 14.0 Å². The Kier molecular flexibility index (Phi) is 6.49. The molecule has 1 rings (SSSR count). The maximum atomic E-state index is 13.3. The molecule has 6 heteroatoms. The molecule has 0 radical (unpaired) electrons. The van der Waals surface area contributed by atoms with Crippen molar-refractivity contribution in [1.82, 2.24) is 10.6 Å². The average Bonchev–Trinajstić information content (AvgIpc) is 2.41. The van der Waals surface area contributed by atoms with Crippen LogP contribution in [0.1, 0.15) is 24.2 Å². The Bertz CT molecular complexity index is 463. The largest absolute Gasteiger partial charge is 0.449 e. The number of nitrogens with one attached hydrogen (secondary N) is 2. The van der Waals surface area contributed by atoms with Crippen molar-refractivity contribution in [2.75, 3.05) is 19.7 Å². The summed E-state index contributed by atoms with van der Waals surface area (Å²) in [6.45, 7) is 4.62. The first-order valence-electron chi connectivity index (χ1n) is 6.44. The maximum absolute atomic E-state index is 13.3. The van der Waals surface area contributed by atoms with Crippen LogP contribution in [0.4, 0.5) is 9.18 Å². The lowest BCUT2D eigenvalue weighted by Crippen LogP contribution is -2.35. The molecule has 0 unspecified atom stereocenters. The standard InChI is InChI=1S/C14H19FN2O3/c1-10(2)9-20-14(19)17-8-7-16-13(18)11-5-3-4-6-12(11)15/h3-6,10H,7-9H2,1-2H3,(H,16,18)(H,17,19). The van der Waals surface area contributed by atoms with Gasteiger partial charge in [0.15, 0.2) is 0 Å². The average molecular weight is 282 g/mol. The molecule has 0 aliphatic carbocycles. The van der Waals surface area contributed by atoms with Gasteiger partial charge in [-0.3, -0.25) is 4.79 Å². The third-order valence-corrected chi connectivity index (χ3v) is 2.35. The normalized spacial score (nSPS) is 10.2. The van der Waals surface area contributed by atoms with Crippen LogP contribution in [0.5, 0.6) is 0 Å². The van der Waals surface area contributed by atoms with Crippen molar-refractivity contribution in [3.05, 3.63) is 35.6 Å². The number of hydrogen-bond donors (Lipinski definition) is 2. The number of carbonyl (C=O) groups is 2. The maximum Gasteiger partial charge on any atom is 0.407 e. The molecule has 2 amide bonds. The number of alkyl carbamates (subject to hydrolysis) is 1. The predicted molar refractivity (Wildman–Crippen MR) is 72.9 cm³/mol. The summed E-state index contributed by atoms with van der Waals surface area (Å²) in [6.07, 6.45) is -0.529. The lowest BCUT2D eigenvalue weighted by Gasteiger charge is -2.09. The molecule has 1 aromatic carbocycles. The van der Waals surface area contributed by atoms with E-state index >= 15 is 0 Å². The summed E-state index contributed by atoms with van der Waals surface area (Å²) < 4.78 is 18.2. The van der Waals surface area contributed by atoms with E-state index < -0.39 is 17.8 Å². The molecule has 0 spiro atoms. The Hall–Kier alpha value is -2.11. The monoisotopic (exact) mass is 282 g/mol. The molecule has 20 heavy (non-hydrogen) atoms. The highest BCUT2D eigenvalue weighted by atomic mass is 19.1. The van der Waals surface area contributed by atoms with E-state index in [2.05, 4.69) is 10.6 Å². The summed E-state index contributed by atoms with van der Waals surface area (Å²) >= 11 is 0. The zero-order chi connectivity index (χ0) is 15.0. The van der Waals surface area contributed by atoms with Crippen LogP contribution in [-0.4, -0.2) is 31.7 Å². The van der Waals surface area contributed by atoms with E-state index in [1.807, 2.05) is 13.8 Å². The van der Waals surface area contributed by atoms with Crippen LogP contribution < -0.4 is 10.6 Å². The van der Waals surface area contributed by atoms with Gasteiger partial charge >= 0.3 is 6.09 Å². The summed E-state index contributed by atoms with van der Waals surface area (Å²) in [7, 11) is 0. The van der Waals surface area contributed by atoms with Crippen molar-refractivity contribution >= 4 is 12.0 Å². The van der Waals surface area contributed by atoms with E-state index in [1.165, 1.54) is 18.2 Å². The predicted octanol–water partition coefficient (Wildman–Crippen LogP) is 1.94. The molecule has 5 nitrogen and oxygen atoms in total. The minimum Gasteiger partial charge on any atom is -0.449 e. The topological polar surface area (TPSA) is 67.4 Å². The molecule has 2 N–H and O–H groups in total. The fraction of sp³-hybridized carbons (Fsp3) is 0.429. The van der Waals surface area contributed by atoms with Crippen LogP contribution in [0.3, 0.4) is 0 Å². The molecule has 0 fully saturated rings. The van der Waals surface area contributed by atoms with Crippen molar-refractivity contribution < 1.29 is 18.7 Å². The van der Waals surface area contributed by atoms with E-state index in [0.717, 1.165) is 0 Å². The smallest absolute Gasteiger partial charge is 0.407 e. The van der Waals surface area contributed by atoms with E-state index in [1.54, 1.807) is 6.07 Å². The SMILES string of the molecule is CC(C)COC(=O)NCCNC(=O)c1ccccc1F. The van der Waals surface area contributed by atoms with Crippen molar-refractivity contribution in [2.45, 2.75) is 13.8 Å². The summed E-state index contributed by atoms with van der Waals surface area (Å²) in [4.78, 5) is 22.8. The molecule has 1 aromatic rings. The van der Waals surface area contributed by atoms with Gasteiger partial charge < -0.3 is 15.4 Å². The number of halogens is 1. The van der Waals surface area contributed by atoms with E-state index in [-0.39, 0.29) is 24.6 Å². The first kappa shape index (κ1) is 15.9. The van der Waals surface area contributed by atoms with Gasteiger partial charge in [0.05, 0.1) is 12.2 Å². The molecule has 0 bridgehead atoms. The molecule has 0 aromatic heterocycles. The fourth-order valence-corrected chi connectivity index (χ4v) is 1.37. The summed E-state index contributed by atoms with van der Waals surface area (Å²) in [5.41, 5.74) is -0.0186. The number of rotatable bonds is 6. The van der Waals surface area contributed by atoms with Gasteiger partial charge in [0.1, 0.15) is 5.82 Å². The molecule has 0 saturated heterocycles. The number of amides is 2. The zero-order valence-electron chi connectivity index (χ0n) is 11.6. The van der Waals surface area contributed by atoms with Crippen molar-refractivity contribution in [1.29, 1.82) is 0 Å². The quantitative estimate of drug-likeness (QED) is 0.783. The number of carbonyl (C=O) groups excluding carboxylic acids is 2. The van der Waals surface area contributed by atoms with Gasteiger partial charge in [-0.25, -0.2) is 9.18 Å². The van der Waals surface area contributed by atoms with Crippen molar-refractivity contribution in [3.63, 3.8) is 0 Å². The first-order valence-corrected chi connectivity index (χ1v) is 6.44. The molecule has 0 saturated carbocycles. The lowest BCUT2D eigenvalue weighted by molar-refractivity contribution is 0.0947. The highest BCUT2D eigenvalue weighted by Gasteiger charge is 2.10. The summed E-state index contributed by atoms with van der Waals surface area (Å²) in [6, 6.07) is 5.71. The summed E-state index contributed by atoms with van der Waals surface area (Å²) in [5.74, 6) is -0.823. The van der Waals surface area contributed by atoms with E-state index in [0.29, 0.717) is 6.61 Å². The Labute approximate surface area is 117 Å². The fourth-order valence-electron chi connectivity index (χ4n) is 1.37. The Morgan fingerprint density at radius 2 is 1.85 bits per heavy atom. The lowest BCUT2D eigenvalue weighted by atomic mass is 10.2. The number of ether oxygens (including phenoxy) is 1. The van der Waals surface area contributed by atoms with Crippen LogP contribution in [0.15, 0.2) is 24.3 Å².